The van der Waals surface area contributed by atoms with E-state index in [1.807, 2.05) is 17.0 Å². The van der Waals surface area contributed by atoms with E-state index in [1.54, 1.807) is 7.11 Å². The summed E-state index contributed by atoms with van der Waals surface area (Å²) >= 11 is 0. The first-order chi connectivity index (χ1) is 12.3. The number of hydrogen-bond acceptors (Lipinski definition) is 4. The first-order valence-electron chi connectivity index (χ1n) is 8.32. The Hall–Kier alpha value is -2.70. The summed E-state index contributed by atoms with van der Waals surface area (Å²) in [7, 11) is 1.63. The van der Waals surface area contributed by atoms with Gasteiger partial charge in [0, 0.05) is 12.6 Å². The molecule has 2 aromatic rings. The number of benzene rings is 2. The molecule has 26 heavy (non-hydrogen) atoms. The molecule has 0 aromatic heterocycles. The summed E-state index contributed by atoms with van der Waals surface area (Å²) in [5.41, 5.74) is 8.88. The molecule has 0 bridgehead atoms. The second-order valence-corrected chi connectivity index (χ2v) is 6.64. The molecule has 0 radical (unpaired) electrons. The van der Waals surface area contributed by atoms with Gasteiger partial charge in [-0.15, -0.1) is 0 Å². The van der Waals surface area contributed by atoms with Crippen LogP contribution in [0.3, 0.4) is 0 Å². The predicted molar refractivity (Wildman–Crippen MR) is 92.5 cm³/mol. The normalized spacial score (nSPS) is 19.0. The van der Waals surface area contributed by atoms with Crippen molar-refractivity contribution >= 4 is 11.6 Å². The molecule has 0 spiro atoms. The zero-order valence-corrected chi connectivity index (χ0v) is 14.2. The van der Waals surface area contributed by atoms with Gasteiger partial charge in [-0.05, 0) is 53.8 Å². The molecule has 1 aliphatic carbocycles. The highest BCUT2D eigenvalue weighted by Gasteiger charge is 2.34. The van der Waals surface area contributed by atoms with Crippen LogP contribution in [-0.4, -0.2) is 24.0 Å². The van der Waals surface area contributed by atoms with Crippen LogP contribution in [0.25, 0.3) is 0 Å². The summed E-state index contributed by atoms with van der Waals surface area (Å²) in [6.07, 6.45) is -2.76. The molecule has 0 saturated heterocycles. The standard InChI is InChI=1S/C19H18F3N3O/c1-26-16-5-3-11-6-15(7-13(11)8-16)25-10-12-2-4-14(19(20,21)22)9-17(12)24-18(25)23/h2-5,8-9,15H,6-7,10H2,1H3,(H2,23,24). The number of alkyl halides is 3. The van der Waals surface area contributed by atoms with Gasteiger partial charge in [0.2, 0.25) is 0 Å². The number of halogens is 3. The Bertz CT molecular complexity index is 892. The van der Waals surface area contributed by atoms with E-state index in [1.165, 1.54) is 17.2 Å². The van der Waals surface area contributed by atoms with Crippen molar-refractivity contribution in [2.45, 2.75) is 31.6 Å². The third kappa shape index (κ3) is 2.87. The molecule has 4 rings (SSSR count). The van der Waals surface area contributed by atoms with E-state index < -0.39 is 11.7 Å². The van der Waals surface area contributed by atoms with E-state index in [4.69, 9.17) is 10.5 Å². The van der Waals surface area contributed by atoms with Crippen molar-refractivity contribution in [3.05, 3.63) is 58.7 Å². The van der Waals surface area contributed by atoms with Gasteiger partial charge in [0.15, 0.2) is 5.96 Å². The summed E-state index contributed by atoms with van der Waals surface area (Å²) in [5.74, 6) is 1.08. The summed E-state index contributed by atoms with van der Waals surface area (Å²) in [6, 6.07) is 9.80. The molecule has 1 aliphatic heterocycles. The third-order valence-electron chi connectivity index (χ3n) is 5.05. The molecule has 1 heterocycles. The van der Waals surface area contributed by atoms with E-state index in [2.05, 4.69) is 11.1 Å². The zero-order chi connectivity index (χ0) is 18.5. The van der Waals surface area contributed by atoms with Crippen LogP contribution in [0.5, 0.6) is 5.75 Å². The molecule has 0 saturated carbocycles. The number of nitrogens with two attached hydrogens (primary N) is 1. The molecule has 7 heteroatoms. The van der Waals surface area contributed by atoms with Gasteiger partial charge in [-0.3, -0.25) is 0 Å². The fraction of sp³-hybridized carbons (Fsp3) is 0.316. The lowest BCUT2D eigenvalue weighted by molar-refractivity contribution is -0.137. The molecular weight excluding hydrogens is 343 g/mol. The van der Waals surface area contributed by atoms with Gasteiger partial charge in [0.25, 0.3) is 0 Å². The molecular formula is C19H18F3N3O. The minimum absolute atomic E-state index is 0.135. The van der Waals surface area contributed by atoms with Gasteiger partial charge in [0.05, 0.1) is 18.4 Å². The van der Waals surface area contributed by atoms with Crippen LogP contribution in [-0.2, 0) is 25.6 Å². The lowest BCUT2D eigenvalue weighted by Gasteiger charge is -2.33. The van der Waals surface area contributed by atoms with Crippen molar-refractivity contribution in [1.82, 2.24) is 4.90 Å². The van der Waals surface area contributed by atoms with Crippen LogP contribution in [0.1, 0.15) is 22.3 Å². The van der Waals surface area contributed by atoms with Crippen LogP contribution >= 0.6 is 0 Å². The highest BCUT2D eigenvalue weighted by molar-refractivity contribution is 5.84. The average Bonchev–Trinajstić information content (AvgIpc) is 3.02. The number of methoxy groups -OCH3 is 1. The molecule has 2 aromatic carbocycles. The number of aliphatic imine (C=N–C) groups is 1. The topological polar surface area (TPSA) is 50.8 Å². The molecule has 1 atom stereocenters. The van der Waals surface area contributed by atoms with Crippen molar-refractivity contribution in [2.24, 2.45) is 10.7 Å². The Morgan fingerprint density at radius 2 is 1.81 bits per heavy atom. The smallest absolute Gasteiger partial charge is 0.416 e. The fourth-order valence-electron chi connectivity index (χ4n) is 3.66. The Balaban J connectivity index is 1.59. The molecule has 2 aliphatic rings. The minimum Gasteiger partial charge on any atom is -0.497 e. The van der Waals surface area contributed by atoms with Gasteiger partial charge < -0.3 is 15.4 Å². The fourth-order valence-corrected chi connectivity index (χ4v) is 3.66. The van der Waals surface area contributed by atoms with Crippen molar-refractivity contribution < 1.29 is 17.9 Å². The maximum Gasteiger partial charge on any atom is 0.416 e. The largest absolute Gasteiger partial charge is 0.497 e. The molecule has 2 N–H and O–H groups in total. The maximum atomic E-state index is 12.9. The Labute approximate surface area is 149 Å². The summed E-state index contributed by atoms with van der Waals surface area (Å²) in [4.78, 5) is 6.21. The molecule has 4 nitrogen and oxygen atoms in total. The number of nitrogens with zero attached hydrogens (tertiary/aromatic N) is 2. The van der Waals surface area contributed by atoms with E-state index in [0.717, 1.165) is 36.3 Å². The first-order valence-corrected chi connectivity index (χ1v) is 8.32. The summed E-state index contributed by atoms with van der Waals surface area (Å²) in [6.45, 7) is 0.457. The van der Waals surface area contributed by atoms with Crippen molar-refractivity contribution in [2.75, 3.05) is 7.11 Å². The average molecular weight is 361 g/mol. The minimum atomic E-state index is -4.39. The van der Waals surface area contributed by atoms with Crippen LogP contribution in [0.2, 0.25) is 0 Å². The van der Waals surface area contributed by atoms with E-state index in [-0.39, 0.29) is 12.0 Å². The number of fused-ring (bicyclic) bond motifs is 2. The third-order valence-corrected chi connectivity index (χ3v) is 5.05. The summed E-state index contributed by atoms with van der Waals surface area (Å²) in [5, 5.41) is 0. The predicted octanol–water partition coefficient (Wildman–Crippen LogP) is 3.64. The van der Waals surface area contributed by atoms with Gasteiger partial charge in [-0.1, -0.05) is 12.1 Å². The van der Waals surface area contributed by atoms with Crippen LogP contribution < -0.4 is 10.5 Å². The van der Waals surface area contributed by atoms with Crippen LogP contribution in [0, 0.1) is 0 Å². The van der Waals surface area contributed by atoms with Crippen molar-refractivity contribution in [3.63, 3.8) is 0 Å². The Morgan fingerprint density at radius 3 is 2.54 bits per heavy atom. The second-order valence-electron chi connectivity index (χ2n) is 6.64. The van der Waals surface area contributed by atoms with Gasteiger partial charge in [-0.25, -0.2) is 4.99 Å². The van der Waals surface area contributed by atoms with Crippen LogP contribution in [0.15, 0.2) is 41.4 Å². The maximum absolute atomic E-state index is 12.9. The number of rotatable bonds is 2. The SMILES string of the molecule is COc1ccc2c(c1)CC(N1Cc3ccc(C(F)(F)F)cc3N=C1N)C2. The number of guanidine groups is 1. The van der Waals surface area contributed by atoms with E-state index in [0.29, 0.717) is 12.2 Å². The van der Waals surface area contributed by atoms with Crippen molar-refractivity contribution in [1.29, 1.82) is 0 Å². The van der Waals surface area contributed by atoms with Gasteiger partial charge in [-0.2, -0.15) is 13.2 Å². The highest BCUT2D eigenvalue weighted by Crippen LogP contribution is 2.37. The monoisotopic (exact) mass is 361 g/mol. The number of ether oxygens (including phenoxy) is 1. The molecule has 136 valence electrons. The second kappa shape index (κ2) is 5.93. The highest BCUT2D eigenvalue weighted by atomic mass is 19.4. The Kier molecular flexibility index (Phi) is 3.82. The van der Waals surface area contributed by atoms with Crippen LogP contribution in [0.4, 0.5) is 18.9 Å². The molecule has 1 unspecified atom stereocenters. The number of hydrogen-bond donors (Lipinski definition) is 1. The lowest BCUT2D eigenvalue weighted by atomic mass is 10.0. The quantitative estimate of drug-likeness (QED) is 0.888. The van der Waals surface area contributed by atoms with E-state index >= 15 is 0 Å². The van der Waals surface area contributed by atoms with Gasteiger partial charge in [0.1, 0.15) is 5.75 Å². The Morgan fingerprint density at radius 1 is 1.08 bits per heavy atom. The zero-order valence-electron chi connectivity index (χ0n) is 14.2. The first kappa shape index (κ1) is 16.8. The lowest BCUT2D eigenvalue weighted by Crippen LogP contribution is -2.46. The van der Waals surface area contributed by atoms with E-state index in [9.17, 15) is 13.2 Å². The van der Waals surface area contributed by atoms with Gasteiger partial charge >= 0.3 is 6.18 Å². The molecule has 0 amide bonds. The molecule has 0 fully saturated rings. The summed E-state index contributed by atoms with van der Waals surface area (Å²) < 4.78 is 43.9. The van der Waals surface area contributed by atoms with Crippen molar-refractivity contribution in [3.8, 4) is 5.75 Å².